The Bertz CT molecular complexity index is 1330. The van der Waals surface area contributed by atoms with E-state index in [2.05, 4.69) is 5.32 Å². The number of carbonyl (C=O) groups is 2. The van der Waals surface area contributed by atoms with Crippen LogP contribution >= 0.6 is 0 Å². The van der Waals surface area contributed by atoms with Gasteiger partial charge in [-0.1, -0.05) is 60.7 Å². The molecule has 1 unspecified atom stereocenters. The number of benzene rings is 3. The Kier molecular flexibility index (Phi) is 6.50. The topological polar surface area (TPSA) is 106 Å². The van der Waals surface area contributed by atoms with E-state index in [9.17, 15) is 19.5 Å². The zero-order valence-corrected chi connectivity index (χ0v) is 17.6. The minimum atomic E-state index is -1.13. The van der Waals surface area contributed by atoms with Crippen LogP contribution in [0.3, 0.4) is 0 Å². The van der Waals surface area contributed by atoms with Crippen molar-refractivity contribution < 1.29 is 23.8 Å². The van der Waals surface area contributed by atoms with Gasteiger partial charge < -0.3 is 19.6 Å². The molecule has 7 heteroatoms. The summed E-state index contributed by atoms with van der Waals surface area (Å²) in [6.45, 7) is -0.382. The van der Waals surface area contributed by atoms with Crippen molar-refractivity contribution in [2.45, 2.75) is 12.5 Å². The van der Waals surface area contributed by atoms with Crippen LogP contribution in [0.1, 0.15) is 5.56 Å². The Labute approximate surface area is 189 Å². The second-order valence-corrected chi connectivity index (χ2v) is 7.44. The van der Waals surface area contributed by atoms with Crippen LogP contribution in [0.25, 0.3) is 22.1 Å². The zero-order chi connectivity index (χ0) is 23.2. The van der Waals surface area contributed by atoms with Gasteiger partial charge in [0.1, 0.15) is 17.4 Å². The highest BCUT2D eigenvalue weighted by atomic mass is 16.5. The summed E-state index contributed by atoms with van der Waals surface area (Å²) in [6, 6.07) is 23.8. The molecule has 0 saturated carbocycles. The van der Waals surface area contributed by atoms with Crippen LogP contribution in [0, 0.1) is 0 Å². The molecule has 2 N–H and O–H groups in total. The number of nitrogens with one attached hydrogen (secondary N) is 1. The number of hydrogen-bond acceptors (Lipinski definition) is 5. The Morgan fingerprint density at radius 1 is 0.939 bits per heavy atom. The van der Waals surface area contributed by atoms with Gasteiger partial charge in [-0.2, -0.15) is 0 Å². The van der Waals surface area contributed by atoms with Gasteiger partial charge >= 0.3 is 11.6 Å². The lowest BCUT2D eigenvalue weighted by Gasteiger charge is -2.15. The second kappa shape index (κ2) is 9.82. The first-order valence-electron chi connectivity index (χ1n) is 10.3. The van der Waals surface area contributed by atoms with Crippen molar-refractivity contribution in [1.82, 2.24) is 5.32 Å². The maximum atomic E-state index is 12.3. The van der Waals surface area contributed by atoms with Crippen molar-refractivity contribution in [3.05, 3.63) is 101 Å². The number of carboxylic acids is 1. The first kappa shape index (κ1) is 21.8. The van der Waals surface area contributed by atoms with Crippen molar-refractivity contribution in [3.8, 4) is 16.9 Å². The van der Waals surface area contributed by atoms with E-state index in [0.29, 0.717) is 11.3 Å². The lowest BCUT2D eigenvalue weighted by molar-refractivity contribution is -0.142. The van der Waals surface area contributed by atoms with E-state index in [4.69, 9.17) is 9.15 Å². The summed E-state index contributed by atoms with van der Waals surface area (Å²) in [7, 11) is 0. The highest BCUT2D eigenvalue weighted by Crippen LogP contribution is 2.29. The second-order valence-electron chi connectivity index (χ2n) is 7.44. The van der Waals surface area contributed by atoms with Crippen molar-refractivity contribution in [1.29, 1.82) is 0 Å². The van der Waals surface area contributed by atoms with E-state index < -0.39 is 23.5 Å². The van der Waals surface area contributed by atoms with Gasteiger partial charge in [-0.05, 0) is 28.8 Å². The van der Waals surface area contributed by atoms with Gasteiger partial charge in [-0.15, -0.1) is 0 Å². The Balaban J connectivity index is 1.46. The number of rotatable bonds is 8. The van der Waals surface area contributed by atoms with Gasteiger partial charge in [-0.25, -0.2) is 9.59 Å². The predicted octanol–water partition coefficient (Wildman–Crippen LogP) is 3.65. The van der Waals surface area contributed by atoms with Crippen LogP contribution in [0.15, 0.2) is 94.1 Å². The molecule has 1 amide bonds. The highest BCUT2D eigenvalue weighted by Gasteiger charge is 2.20. The normalized spacial score (nSPS) is 11.6. The molecule has 0 bridgehead atoms. The number of hydrogen-bond donors (Lipinski definition) is 2. The zero-order valence-electron chi connectivity index (χ0n) is 17.6. The lowest BCUT2D eigenvalue weighted by atomic mass is 10.0. The number of aliphatic carboxylic acids is 1. The van der Waals surface area contributed by atoms with E-state index in [1.165, 1.54) is 12.1 Å². The first-order chi connectivity index (χ1) is 16.0. The molecule has 4 rings (SSSR count). The number of amides is 1. The van der Waals surface area contributed by atoms with E-state index in [1.54, 1.807) is 36.4 Å². The fraction of sp³-hybridized carbons (Fsp3) is 0.115. The number of carboxylic acid groups (broad SMARTS) is 1. The molecule has 1 heterocycles. The van der Waals surface area contributed by atoms with Crippen LogP contribution < -0.4 is 15.7 Å². The summed E-state index contributed by atoms with van der Waals surface area (Å²) < 4.78 is 10.8. The quantitative estimate of drug-likeness (QED) is 0.403. The molecule has 0 spiro atoms. The predicted molar refractivity (Wildman–Crippen MR) is 123 cm³/mol. The van der Waals surface area contributed by atoms with E-state index in [0.717, 1.165) is 22.1 Å². The maximum Gasteiger partial charge on any atom is 0.336 e. The van der Waals surface area contributed by atoms with Gasteiger partial charge in [-0.3, -0.25) is 4.79 Å². The van der Waals surface area contributed by atoms with Gasteiger partial charge in [0.15, 0.2) is 6.61 Å². The molecule has 0 fully saturated rings. The van der Waals surface area contributed by atoms with Crippen LogP contribution in [-0.2, 0) is 16.0 Å². The Morgan fingerprint density at radius 3 is 2.33 bits per heavy atom. The van der Waals surface area contributed by atoms with Crippen LogP contribution in [0.5, 0.6) is 5.75 Å². The smallest absolute Gasteiger partial charge is 0.336 e. The van der Waals surface area contributed by atoms with Crippen molar-refractivity contribution in [3.63, 3.8) is 0 Å². The summed E-state index contributed by atoms with van der Waals surface area (Å²) in [4.78, 5) is 35.9. The van der Waals surface area contributed by atoms with Gasteiger partial charge in [0.05, 0.1) is 0 Å². The fourth-order valence-corrected chi connectivity index (χ4v) is 3.52. The van der Waals surface area contributed by atoms with Gasteiger partial charge in [0.25, 0.3) is 5.91 Å². The highest BCUT2D eigenvalue weighted by molar-refractivity contribution is 5.93. The molecule has 4 aromatic rings. The molecule has 1 atom stereocenters. The summed E-state index contributed by atoms with van der Waals surface area (Å²) in [5.74, 6) is -1.38. The molecular weight excluding hydrogens is 422 g/mol. The molecule has 33 heavy (non-hydrogen) atoms. The molecule has 1 aromatic heterocycles. The number of ether oxygens (including phenoxy) is 1. The third-order valence-corrected chi connectivity index (χ3v) is 5.09. The largest absolute Gasteiger partial charge is 0.484 e. The molecule has 7 nitrogen and oxygen atoms in total. The summed E-state index contributed by atoms with van der Waals surface area (Å²) >= 11 is 0. The van der Waals surface area contributed by atoms with Gasteiger partial charge in [0, 0.05) is 23.9 Å². The third-order valence-electron chi connectivity index (χ3n) is 5.09. The molecule has 0 radical (unpaired) electrons. The van der Waals surface area contributed by atoms with Crippen molar-refractivity contribution in [2.24, 2.45) is 0 Å². The Hall–Kier alpha value is -4.39. The lowest BCUT2D eigenvalue weighted by Crippen LogP contribution is -2.44. The van der Waals surface area contributed by atoms with Crippen LogP contribution in [0.2, 0.25) is 0 Å². The molecule has 0 aliphatic heterocycles. The summed E-state index contributed by atoms with van der Waals surface area (Å²) in [5.41, 5.74) is 2.23. The van der Waals surface area contributed by atoms with Crippen molar-refractivity contribution >= 4 is 22.8 Å². The average molecular weight is 443 g/mol. The van der Waals surface area contributed by atoms with Gasteiger partial charge in [0.2, 0.25) is 0 Å². The molecule has 166 valence electrons. The standard InChI is InChI=1S/C26H21NO6/c28-24(27-22(26(30)31)13-17-7-3-1-4-8-17)16-32-19-11-12-20-21(18-9-5-2-6-10-18)15-25(29)33-23(20)14-19/h1-12,14-15,22H,13,16H2,(H,27,28)(H,30,31). The minimum Gasteiger partial charge on any atom is -0.484 e. The first-order valence-corrected chi connectivity index (χ1v) is 10.3. The summed E-state index contributed by atoms with van der Waals surface area (Å²) in [6.07, 6.45) is 0.158. The number of fused-ring (bicyclic) bond motifs is 1. The third kappa shape index (κ3) is 5.46. The Morgan fingerprint density at radius 2 is 1.64 bits per heavy atom. The molecule has 0 saturated heterocycles. The molecule has 3 aromatic carbocycles. The monoisotopic (exact) mass is 443 g/mol. The fourth-order valence-electron chi connectivity index (χ4n) is 3.52. The number of carbonyl (C=O) groups excluding carboxylic acids is 1. The van der Waals surface area contributed by atoms with Crippen LogP contribution in [0.4, 0.5) is 0 Å². The maximum absolute atomic E-state index is 12.3. The summed E-state index contributed by atoms with van der Waals surface area (Å²) in [5, 5.41) is 12.6. The minimum absolute atomic E-state index is 0.158. The van der Waals surface area contributed by atoms with E-state index in [1.807, 2.05) is 36.4 Å². The molecule has 0 aliphatic rings. The van der Waals surface area contributed by atoms with Crippen molar-refractivity contribution in [2.75, 3.05) is 6.61 Å². The van der Waals surface area contributed by atoms with E-state index in [-0.39, 0.29) is 13.0 Å². The SMILES string of the molecule is O=C(COc1ccc2c(-c3ccccc3)cc(=O)oc2c1)NC(Cc1ccccc1)C(=O)O. The molecular formula is C26H21NO6. The van der Waals surface area contributed by atoms with Crippen LogP contribution in [-0.4, -0.2) is 29.6 Å². The van der Waals surface area contributed by atoms with E-state index >= 15 is 0 Å². The molecule has 0 aliphatic carbocycles. The average Bonchev–Trinajstić information content (AvgIpc) is 2.82.